The average Bonchev–Trinajstić information content (AvgIpc) is 2.00. The average molecular weight is 210 g/mol. The van der Waals surface area contributed by atoms with E-state index in [1.807, 2.05) is 6.26 Å². The van der Waals surface area contributed by atoms with E-state index in [1.165, 1.54) is 0 Å². The summed E-state index contributed by atoms with van der Waals surface area (Å²) in [6.07, 6.45) is 2.02. The Bertz CT molecular complexity index is 159. The Morgan fingerprint density at radius 2 is 2.17 bits per heavy atom. The first-order valence-electron chi connectivity index (χ1n) is 3.86. The van der Waals surface area contributed by atoms with Gasteiger partial charge in [-0.3, -0.25) is 4.79 Å². The van der Waals surface area contributed by atoms with Crippen LogP contribution in [-0.2, 0) is 4.79 Å². The van der Waals surface area contributed by atoms with Gasteiger partial charge < -0.3 is 5.32 Å². The summed E-state index contributed by atoms with van der Waals surface area (Å²) >= 11 is 7.30. The Morgan fingerprint density at radius 1 is 1.67 bits per heavy atom. The highest BCUT2D eigenvalue weighted by atomic mass is 35.5. The van der Waals surface area contributed by atoms with Gasteiger partial charge in [0.25, 0.3) is 0 Å². The number of carbonyl (C=O) groups excluding carboxylic acids is 1. The van der Waals surface area contributed by atoms with Crippen LogP contribution in [0.1, 0.15) is 20.8 Å². The summed E-state index contributed by atoms with van der Waals surface area (Å²) in [5, 5.41) is 2.34. The van der Waals surface area contributed by atoms with Crippen LogP contribution in [-0.4, -0.2) is 28.8 Å². The highest BCUT2D eigenvalue weighted by Gasteiger charge is 2.18. The van der Waals surface area contributed by atoms with Crippen molar-refractivity contribution >= 4 is 29.3 Å². The summed E-state index contributed by atoms with van der Waals surface area (Å²) in [5.41, 5.74) is 0. The molecular formula is C8H16ClNOS. The molecule has 0 spiro atoms. The van der Waals surface area contributed by atoms with Crippen molar-refractivity contribution in [2.24, 2.45) is 0 Å². The van der Waals surface area contributed by atoms with Gasteiger partial charge in [-0.15, -0.1) is 11.6 Å². The van der Waals surface area contributed by atoms with E-state index in [-0.39, 0.29) is 10.7 Å². The quantitative estimate of drug-likeness (QED) is 0.717. The minimum Gasteiger partial charge on any atom is -0.353 e. The summed E-state index contributed by atoms with van der Waals surface area (Å²) in [4.78, 5) is 11.1. The van der Waals surface area contributed by atoms with Crippen LogP contribution in [0.4, 0.5) is 0 Å². The molecule has 1 amide bonds. The number of amides is 1. The Morgan fingerprint density at radius 3 is 2.50 bits per heavy atom. The topological polar surface area (TPSA) is 29.1 Å². The van der Waals surface area contributed by atoms with Gasteiger partial charge in [0.15, 0.2) is 0 Å². The molecule has 0 heterocycles. The molecule has 72 valence electrons. The van der Waals surface area contributed by atoms with Crippen molar-refractivity contribution in [1.82, 2.24) is 5.32 Å². The second kappa shape index (κ2) is 4.97. The third-order valence-corrected chi connectivity index (χ3v) is 3.05. The van der Waals surface area contributed by atoms with Crippen LogP contribution in [0, 0.1) is 0 Å². The number of halogens is 1. The third-order valence-electron chi connectivity index (χ3n) is 1.60. The zero-order chi connectivity index (χ0) is 9.78. The van der Waals surface area contributed by atoms with Crippen LogP contribution >= 0.6 is 23.4 Å². The lowest BCUT2D eigenvalue weighted by Gasteiger charge is -2.22. The van der Waals surface area contributed by atoms with Crippen molar-refractivity contribution in [2.75, 3.05) is 12.8 Å². The van der Waals surface area contributed by atoms with Crippen LogP contribution in [0.2, 0.25) is 0 Å². The molecule has 0 aliphatic carbocycles. The lowest BCUT2D eigenvalue weighted by atomic mass is 10.2. The molecule has 0 aliphatic rings. The van der Waals surface area contributed by atoms with Gasteiger partial charge in [-0.1, -0.05) is 0 Å². The minimum absolute atomic E-state index is 0.0848. The van der Waals surface area contributed by atoms with Gasteiger partial charge in [-0.2, -0.15) is 11.8 Å². The molecule has 1 atom stereocenters. The molecule has 0 bridgehead atoms. The summed E-state index contributed by atoms with van der Waals surface area (Å²) in [6, 6.07) is 0. The monoisotopic (exact) mass is 209 g/mol. The molecule has 4 heteroatoms. The molecule has 1 N–H and O–H groups in total. The molecule has 0 rings (SSSR count). The molecule has 0 aliphatic heterocycles. The van der Waals surface area contributed by atoms with Crippen LogP contribution in [0.15, 0.2) is 0 Å². The molecule has 0 aromatic rings. The Kier molecular flexibility index (Phi) is 5.02. The zero-order valence-electron chi connectivity index (χ0n) is 7.98. The molecule has 0 aromatic heterocycles. The van der Waals surface area contributed by atoms with E-state index in [0.717, 1.165) is 0 Å². The van der Waals surface area contributed by atoms with Crippen molar-refractivity contribution in [1.29, 1.82) is 0 Å². The molecule has 0 saturated heterocycles. The molecule has 2 nitrogen and oxygen atoms in total. The fraction of sp³-hybridized carbons (Fsp3) is 0.875. The maximum Gasteiger partial charge on any atom is 0.237 e. The molecule has 0 radical (unpaired) electrons. The Labute approximate surface area is 83.4 Å². The standard InChI is InChI=1S/C8H16ClNOS/c1-6(9)7(11)10-5-8(2,3)12-4/h6H,5H2,1-4H3,(H,10,11). The van der Waals surface area contributed by atoms with Gasteiger partial charge >= 0.3 is 0 Å². The largest absolute Gasteiger partial charge is 0.353 e. The lowest BCUT2D eigenvalue weighted by Crippen LogP contribution is -2.39. The predicted octanol–water partition coefficient (Wildman–Crippen LogP) is 1.87. The van der Waals surface area contributed by atoms with E-state index in [9.17, 15) is 4.79 Å². The van der Waals surface area contributed by atoms with Crippen molar-refractivity contribution in [3.8, 4) is 0 Å². The van der Waals surface area contributed by atoms with Gasteiger partial charge in [0.1, 0.15) is 5.38 Å². The third kappa shape index (κ3) is 4.88. The van der Waals surface area contributed by atoms with E-state index >= 15 is 0 Å². The first-order chi connectivity index (χ1) is 5.39. The smallest absolute Gasteiger partial charge is 0.237 e. The number of carbonyl (C=O) groups is 1. The van der Waals surface area contributed by atoms with Crippen molar-refractivity contribution in [3.63, 3.8) is 0 Å². The van der Waals surface area contributed by atoms with Gasteiger partial charge in [0.05, 0.1) is 0 Å². The number of nitrogens with one attached hydrogen (secondary N) is 1. The van der Waals surface area contributed by atoms with Crippen LogP contribution < -0.4 is 5.32 Å². The summed E-state index contributed by atoms with van der Waals surface area (Å²) in [7, 11) is 0. The van der Waals surface area contributed by atoms with Crippen molar-refractivity contribution < 1.29 is 4.79 Å². The molecule has 0 fully saturated rings. The van der Waals surface area contributed by atoms with E-state index in [4.69, 9.17) is 11.6 Å². The molecule has 12 heavy (non-hydrogen) atoms. The summed E-state index contributed by atoms with van der Waals surface area (Å²) < 4.78 is 0.0848. The number of thioether (sulfide) groups is 1. The van der Waals surface area contributed by atoms with Gasteiger partial charge in [-0.25, -0.2) is 0 Å². The number of hydrogen-bond acceptors (Lipinski definition) is 2. The van der Waals surface area contributed by atoms with E-state index in [2.05, 4.69) is 19.2 Å². The minimum atomic E-state index is -0.442. The van der Waals surface area contributed by atoms with Crippen LogP contribution in [0.25, 0.3) is 0 Å². The number of alkyl halides is 1. The van der Waals surface area contributed by atoms with E-state index in [1.54, 1.807) is 18.7 Å². The van der Waals surface area contributed by atoms with Gasteiger partial charge in [-0.05, 0) is 27.0 Å². The summed E-state index contributed by atoms with van der Waals surface area (Å²) in [6.45, 7) is 6.49. The van der Waals surface area contributed by atoms with Crippen molar-refractivity contribution in [3.05, 3.63) is 0 Å². The Balaban J connectivity index is 3.76. The highest BCUT2D eigenvalue weighted by molar-refractivity contribution is 7.99. The molecular weight excluding hydrogens is 194 g/mol. The fourth-order valence-electron chi connectivity index (χ4n) is 0.513. The normalized spacial score (nSPS) is 14.1. The first kappa shape index (κ1) is 12.1. The number of rotatable bonds is 4. The highest BCUT2D eigenvalue weighted by Crippen LogP contribution is 2.19. The Hall–Kier alpha value is 0.110. The second-order valence-electron chi connectivity index (χ2n) is 3.30. The summed E-state index contributed by atoms with van der Waals surface area (Å²) in [5.74, 6) is -0.0983. The maximum absolute atomic E-state index is 11.1. The number of hydrogen-bond donors (Lipinski definition) is 1. The molecule has 1 unspecified atom stereocenters. The first-order valence-corrected chi connectivity index (χ1v) is 5.52. The maximum atomic E-state index is 11.1. The fourth-order valence-corrected chi connectivity index (χ4v) is 0.806. The van der Waals surface area contributed by atoms with Gasteiger partial charge in [0.2, 0.25) is 5.91 Å². The zero-order valence-corrected chi connectivity index (χ0v) is 9.55. The predicted molar refractivity (Wildman–Crippen MR) is 55.9 cm³/mol. The second-order valence-corrected chi connectivity index (χ2v) is 5.47. The van der Waals surface area contributed by atoms with Crippen LogP contribution in [0.3, 0.4) is 0 Å². The SMILES string of the molecule is CSC(C)(C)CNC(=O)C(C)Cl. The van der Waals surface area contributed by atoms with E-state index in [0.29, 0.717) is 6.54 Å². The van der Waals surface area contributed by atoms with Gasteiger partial charge in [0, 0.05) is 11.3 Å². The molecule has 0 saturated carbocycles. The lowest BCUT2D eigenvalue weighted by molar-refractivity contribution is -0.120. The van der Waals surface area contributed by atoms with E-state index < -0.39 is 5.38 Å². The van der Waals surface area contributed by atoms with Crippen molar-refractivity contribution in [2.45, 2.75) is 30.9 Å². The van der Waals surface area contributed by atoms with Crippen LogP contribution in [0.5, 0.6) is 0 Å². The molecule has 0 aromatic carbocycles.